The maximum absolute atomic E-state index is 12.2. The van der Waals surface area contributed by atoms with Gasteiger partial charge in [-0.3, -0.25) is 26.0 Å². The van der Waals surface area contributed by atoms with Crippen molar-refractivity contribution >= 4 is 35.9 Å². The first-order valence-corrected chi connectivity index (χ1v) is 11.4. The van der Waals surface area contributed by atoms with Crippen LogP contribution in [0.25, 0.3) is 0 Å². The largest absolute Gasteiger partial charge is 0.444 e. The Morgan fingerprint density at radius 1 is 1.03 bits per heavy atom. The Balaban J connectivity index is 1.88. The maximum Gasteiger partial charge on any atom is 0.414 e. The molecule has 0 aromatic heterocycles. The number of alkyl carbamates (subject to hydrolysis) is 2. The number of amidine groups is 1. The molecule has 2 saturated heterocycles. The summed E-state index contributed by atoms with van der Waals surface area (Å²) in [7, 11) is 0. The number of hydroxylamine groups is 2. The second-order valence-corrected chi connectivity index (χ2v) is 10.3. The molecule has 36 heavy (non-hydrogen) atoms. The molecule has 0 unspecified atom stereocenters. The Morgan fingerprint density at radius 2 is 1.58 bits per heavy atom. The van der Waals surface area contributed by atoms with Crippen LogP contribution in [-0.2, 0) is 19.1 Å². The molecule has 2 aliphatic rings. The van der Waals surface area contributed by atoms with E-state index < -0.39 is 47.3 Å². The number of hydrogen-bond donors (Lipinski definition) is 5. The highest BCUT2D eigenvalue weighted by Crippen LogP contribution is 2.28. The molecule has 0 aromatic carbocycles. The highest BCUT2D eigenvalue weighted by Gasteiger charge is 2.45. The Bertz CT molecular complexity index is 877. The summed E-state index contributed by atoms with van der Waals surface area (Å²) in [6.07, 6.45) is -1.08. The lowest BCUT2D eigenvalue weighted by atomic mass is 10.00. The van der Waals surface area contributed by atoms with Gasteiger partial charge in [0.15, 0.2) is 0 Å². The molecule has 0 aliphatic carbocycles. The molecular formula is C21H35N7O8. The van der Waals surface area contributed by atoms with Crippen molar-refractivity contribution in [3.63, 3.8) is 0 Å². The number of hydrogen-bond acceptors (Lipinski definition) is 10. The van der Waals surface area contributed by atoms with Crippen LogP contribution >= 0.6 is 0 Å². The SMILES string of the molecule is CC(C)(C)OC(=O)NC(=NOCCC(=O)NC(=N)[C@@H]1CC[C@@H]2CN1C(=O)N2O)NC(=O)OC(C)(C)C. The van der Waals surface area contributed by atoms with Gasteiger partial charge in [-0.15, -0.1) is 0 Å². The summed E-state index contributed by atoms with van der Waals surface area (Å²) in [5, 5.41) is 29.1. The van der Waals surface area contributed by atoms with Crippen LogP contribution in [0.4, 0.5) is 14.4 Å². The zero-order chi connectivity index (χ0) is 27.3. The van der Waals surface area contributed by atoms with E-state index in [9.17, 15) is 24.4 Å². The molecule has 5 amide bonds. The summed E-state index contributed by atoms with van der Waals surface area (Å²) in [5.74, 6) is -1.14. The van der Waals surface area contributed by atoms with E-state index in [0.717, 1.165) is 0 Å². The third-order valence-corrected chi connectivity index (χ3v) is 4.77. The highest BCUT2D eigenvalue weighted by molar-refractivity contribution is 6.01. The summed E-state index contributed by atoms with van der Waals surface area (Å²) in [6, 6.07) is -1.54. The van der Waals surface area contributed by atoms with Crippen LogP contribution in [0.5, 0.6) is 0 Å². The van der Waals surface area contributed by atoms with Crippen molar-refractivity contribution in [2.75, 3.05) is 13.2 Å². The van der Waals surface area contributed by atoms with Crippen LogP contribution in [-0.4, -0.2) is 87.5 Å². The highest BCUT2D eigenvalue weighted by atomic mass is 16.6. The zero-order valence-electron chi connectivity index (χ0n) is 21.3. The topological polar surface area (TPSA) is 195 Å². The van der Waals surface area contributed by atoms with Crippen molar-refractivity contribution in [3.05, 3.63) is 0 Å². The zero-order valence-corrected chi connectivity index (χ0v) is 21.3. The quantitative estimate of drug-likeness (QED) is 0.120. The van der Waals surface area contributed by atoms with Gasteiger partial charge in [0.25, 0.3) is 5.96 Å². The van der Waals surface area contributed by atoms with Crippen molar-refractivity contribution in [2.45, 2.75) is 84.1 Å². The lowest BCUT2D eigenvalue weighted by molar-refractivity contribution is -0.120. The van der Waals surface area contributed by atoms with Crippen molar-refractivity contribution in [2.24, 2.45) is 5.16 Å². The van der Waals surface area contributed by atoms with Crippen molar-refractivity contribution in [1.29, 1.82) is 5.41 Å². The van der Waals surface area contributed by atoms with E-state index in [2.05, 4.69) is 21.1 Å². The Labute approximate surface area is 208 Å². The van der Waals surface area contributed by atoms with Gasteiger partial charge in [0.2, 0.25) is 5.91 Å². The minimum atomic E-state index is -0.903. The fourth-order valence-electron chi connectivity index (χ4n) is 3.37. The first-order valence-electron chi connectivity index (χ1n) is 11.4. The molecule has 2 rings (SSSR count). The predicted molar refractivity (Wildman–Crippen MR) is 125 cm³/mol. The number of carbonyl (C=O) groups is 4. The summed E-state index contributed by atoms with van der Waals surface area (Å²) in [6.45, 7) is 9.96. The molecule has 0 radical (unpaired) electrons. The third kappa shape index (κ3) is 8.87. The number of nitrogens with one attached hydrogen (secondary N) is 4. The number of carbonyl (C=O) groups excluding carboxylic acids is 4. The molecular weight excluding hydrogens is 478 g/mol. The second-order valence-electron chi connectivity index (χ2n) is 10.3. The Hall–Kier alpha value is -3.62. The van der Waals surface area contributed by atoms with E-state index in [1.54, 1.807) is 41.5 Å². The lowest BCUT2D eigenvalue weighted by Crippen LogP contribution is -2.50. The van der Waals surface area contributed by atoms with E-state index in [4.69, 9.17) is 19.7 Å². The lowest BCUT2D eigenvalue weighted by Gasteiger charge is -2.30. The van der Waals surface area contributed by atoms with Crippen molar-refractivity contribution < 1.29 is 38.7 Å². The molecule has 15 heteroatoms. The van der Waals surface area contributed by atoms with E-state index in [0.29, 0.717) is 17.9 Å². The molecule has 202 valence electrons. The van der Waals surface area contributed by atoms with Crippen LogP contribution in [0.15, 0.2) is 5.16 Å². The first-order chi connectivity index (χ1) is 16.6. The van der Waals surface area contributed by atoms with Crippen LogP contribution in [0.3, 0.4) is 0 Å². The van der Waals surface area contributed by atoms with Gasteiger partial charge in [-0.2, -0.15) is 0 Å². The number of rotatable bonds is 5. The third-order valence-electron chi connectivity index (χ3n) is 4.77. The monoisotopic (exact) mass is 513 g/mol. The number of nitrogens with zero attached hydrogens (tertiary/aromatic N) is 3. The van der Waals surface area contributed by atoms with Crippen molar-refractivity contribution in [3.8, 4) is 0 Å². The summed E-state index contributed by atoms with van der Waals surface area (Å²) >= 11 is 0. The molecule has 0 aromatic rings. The molecule has 0 saturated carbocycles. The molecule has 2 atom stereocenters. The minimum Gasteiger partial charge on any atom is -0.444 e. The number of ether oxygens (including phenoxy) is 2. The molecule has 2 heterocycles. The molecule has 5 N–H and O–H groups in total. The molecule has 15 nitrogen and oxygen atoms in total. The van der Waals surface area contributed by atoms with Crippen LogP contribution in [0, 0.1) is 5.41 Å². The number of piperidine rings is 1. The standard InChI is InChI=1S/C21H35N7O8/c1-20(2,3)35-17(30)24-16(25-18(31)36-21(4,5)6)26-34-10-9-14(29)23-15(22)13-8-7-12-11-27(13)19(32)28(12)33/h12-13,33H,7-11H2,1-6H3,(H2,22,23,29)(H2,24,25,26,30,31)/t12-,13+/m1/s1. The van der Waals surface area contributed by atoms with E-state index >= 15 is 0 Å². The van der Waals surface area contributed by atoms with Gasteiger partial charge in [0.05, 0.1) is 18.5 Å². The molecule has 0 spiro atoms. The van der Waals surface area contributed by atoms with Gasteiger partial charge in [0, 0.05) is 6.54 Å². The average Bonchev–Trinajstić information content (AvgIpc) is 2.92. The van der Waals surface area contributed by atoms with E-state index in [-0.39, 0.29) is 31.4 Å². The van der Waals surface area contributed by atoms with Gasteiger partial charge < -0.3 is 24.5 Å². The van der Waals surface area contributed by atoms with Gasteiger partial charge in [-0.25, -0.2) is 19.4 Å². The number of oxime groups is 1. The van der Waals surface area contributed by atoms with Gasteiger partial charge in [-0.05, 0) is 59.5 Å². The summed E-state index contributed by atoms with van der Waals surface area (Å²) in [4.78, 5) is 54.8. The maximum atomic E-state index is 12.2. The number of amides is 5. The fourth-order valence-corrected chi connectivity index (χ4v) is 3.37. The number of guanidine groups is 1. The van der Waals surface area contributed by atoms with Crippen LogP contribution in [0.1, 0.15) is 60.8 Å². The average molecular weight is 514 g/mol. The number of urea groups is 1. The van der Waals surface area contributed by atoms with Crippen molar-refractivity contribution in [1.82, 2.24) is 25.9 Å². The smallest absolute Gasteiger partial charge is 0.414 e. The van der Waals surface area contributed by atoms with Gasteiger partial charge in [-0.1, -0.05) is 0 Å². The Kier molecular flexibility index (Phi) is 9.07. The first kappa shape index (κ1) is 28.6. The van der Waals surface area contributed by atoms with E-state index in [1.165, 1.54) is 4.90 Å². The minimum absolute atomic E-state index is 0.163. The number of fused-ring (bicyclic) bond motifs is 2. The fraction of sp³-hybridized carbons (Fsp3) is 0.714. The van der Waals surface area contributed by atoms with Crippen LogP contribution in [0.2, 0.25) is 0 Å². The molecule has 2 bridgehead atoms. The summed E-state index contributed by atoms with van der Waals surface area (Å²) < 4.78 is 10.2. The van der Waals surface area contributed by atoms with Gasteiger partial charge >= 0.3 is 18.2 Å². The summed E-state index contributed by atoms with van der Waals surface area (Å²) in [5.41, 5.74) is -1.61. The van der Waals surface area contributed by atoms with E-state index in [1.807, 2.05) is 0 Å². The molecule has 2 aliphatic heterocycles. The normalized spacial score (nSPS) is 19.2. The Morgan fingerprint density at radius 3 is 2.11 bits per heavy atom. The predicted octanol–water partition coefficient (Wildman–Crippen LogP) is 1.46. The van der Waals surface area contributed by atoms with Crippen LogP contribution < -0.4 is 16.0 Å². The molecule has 2 fully saturated rings. The van der Waals surface area contributed by atoms with Gasteiger partial charge in [0.1, 0.15) is 23.6 Å². The second kappa shape index (κ2) is 11.4.